The molecular formula is C20H20. The molecular weight excluding hydrogens is 240 g/mol. The van der Waals surface area contributed by atoms with Gasteiger partial charge in [-0.3, -0.25) is 0 Å². The minimum atomic E-state index is 0.768. The topological polar surface area (TPSA) is 0 Å². The van der Waals surface area contributed by atoms with Gasteiger partial charge >= 0.3 is 0 Å². The third-order valence-corrected chi connectivity index (χ3v) is 6.14. The predicted molar refractivity (Wildman–Crippen MR) is 82.3 cm³/mol. The van der Waals surface area contributed by atoms with Gasteiger partial charge in [-0.15, -0.1) is 0 Å². The lowest BCUT2D eigenvalue weighted by atomic mass is 9.56. The molecule has 0 aromatic heterocycles. The first-order valence-electron chi connectivity index (χ1n) is 8.11. The van der Waals surface area contributed by atoms with Crippen LogP contribution in [0.5, 0.6) is 0 Å². The quantitative estimate of drug-likeness (QED) is 0.601. The summed E-state index contributed by atoms with van der Waals surface area (Å²) in [4.78, 5) is 0. The van der Waals surface area contributed by atoms with E-state index in [1.54, 1.807) is 22.3 Å². The molecule has 0 amide bonds. The maximum atomic E-state index is 2.41. The summed E-state index contributed by atoms with van der Waals surface area (Å²) in [6.07, 6.45) is 5.60. The van der Waals surface area contributed by atoms with Gasteiger partial charge in [0.25, 0.3) is 0 Å². The molecule has 4 unspecified atom stereocenters. The first-order chi connectivity index (χ1) is 9.93. The summed E-state index contributed by atoms with van der Waals surface area (Å²) in [5.74, 6) is 3.07. The van der Waals surface area contributed by atoms with Crippen molar-refractivity contribution in [3.63, 3.8) is 0 Å². The van der Waals surface area contributed by atoms with Crippen LogP contribution in [-0.4, -0.2) is 0 Å². The molecule has 0 aliphatic heterocycles. The third-order valence-electron chi connectivity index (χ3n) is 6.14. The molecule has 2 aromatic carbocycles. The van der Waals surface area contributed by atoms with Gasteiger partial charge in [0, 0.05) is 0 Å². The van der Waals surface area contributed by atoms with Crippen molar-refractivity contribution in [1.82, 2.24) is 0 Å². The van der Waals surface area contributed by atoms with Gasteiger partial charge in [0.15, 0.2) is 0 Å². The number of rotatable bonds is 0. The van der Waals surface area contributed by atoms with Crippen molar-refractivity contribution < 1.29 is 0 Å². The first kappa shape index (κ1) is 11.1. The van der Waals surface area contributed by atoms with E-state index in [0.29, 0.717) is 0 Å². The number of benzene rings is 2. The summed E-state index contributed by atoms with van der Waals surface area (Å²) in [5, 5.41) is 0. The summed E-state index contributed by atoms with van der Waals surface area (Å²) in [6.45, 7) is 0. The summed E-state index contributed by atoms with van der Waals surface area (Å²) < 4.78 is 0. The van der Waals surface area contributed by atoms with Crippen molar-refractivity contribution in [1.29, 1.82) is 0 Å². The van der Waals surface area contributed by atoms with Gasteiger partial charge in [-0.2, -0.15) is 0 Å². The van der Waals surface area contributed by atoms with Gasteiger partial charge in [0.05, 0.1) is 0 Å². The second kappa shape index (κ2) is 3.97. The van der Waals surface area contributed by atoms with E-state index in [1.807, 2.05) is 0 Å². The lowest BCUT2D eigenvalue weighted by Crippen LogP contribution is -2.32. The summed E-state index contributed by atoms with van der Waals surface area (Å²) in [7, 11) is 0. The molecule has 2 aromatic rings. The Balaban J connectivity index is 1.81. The van der Waals surface area contributed by atoms with Crippen LogP contribution < -0.4 is 0 Å². The molecule has 100 valence electrons. The molecule has 0 heteroatoms. The van der Waals surface area contributed by atoms with Crippen LogP contribution in [0.1, 0.15) is 71.6 Å². The van der Waals surface area contributed by atoms with E-state index in [1.165, 1.54) is 25.7 Å². The average Bonchev–Trinajstić information content (AvgIpc) is 2.49. The third kappa shape index (κ3) is 1.32. The van der Waals surface area contributed by atoms with E-state index < -0.39 is 0 Å². The standard InChI is InChI=1S/C20H20/c1-2-6-14-13(5-1)17-9-10-18(14)20-12-11-19(17)15-7-3-4-8-16(15)20/h1-8,17-20H,9-12H2. The first-order valence-corrected chi connectivity index (χ1v) is 8.11. The molecule has 0 heterocycles. The Labute approximate surface area is 120 Å². The molecule has 4 atom stereocenters. The van der Waals surface area contributed by atoms with E-state index in [2.05, 4.69) is 48.5 Å². The Morgan fingerprint density at radius 3 is 0.950 bits per heavy atom. The Morgan fingerprint density at radius 2 is 0.700 bits per heavy atom. The smallest absolute Gasteiger partial charge is 0.00899 e. The average molecular weight is 260 g/mol. The second-order valence-electron chi connectivity index (χ2n) is 6.84. The highest BCUT2D eigenvalue weighted by atomic mass is 14.5. The Morgan fingerprint density at radius 1 is 0.450 bits per heavy atom. The highest BCUT2D eigenvalue weighted by Crippen LogP contribution is 2.60. The van der Waals surface area contributed by atoms with Gasteiger partial charge in [0.1, 0.15) is 0 Å². The van der Waals surface area contributed by atoms with Crippen molar-refractivity contribution in [2.24, 2.45) is 0 Å². The minimum absolute atomic E-state index is 0.768. The van der Waals surface area contributed by atoms with Gasteiger partial charge in [0.2, 0.25) is 0 Å². The normalized spacial score (nSPS) is 33.2. The van der Waals surface area contributed by atoms with Gasteiger partial charge < -0.3 is 0 Å². The van der Waals surface area contributed by atoms with Crippen molar-refractivity contribution >= 4 is 0 Å². The van der Waals surface area contributed by atoms with Crippen molar-refractivity contribution in [3.05, 3.63) is 70.8 Å². The van der Waals surface area contributed by atoms with E-state index in [4.69, 9.17) is 0 Å². The van der Waals surface area contributed by atoms with Gasteiger partial charge in [-0.05, 0) is 71.6 Å². The number of hydrogen-bond donors (Lipinski definition) is 0. The molecule has 0 fully saturated rings. The van der Waals surface area contributed by atoms with Crippen LogP contribution in [0.15, 0.2) is 48.5 Å². The van der Waals surface area contributed by atoms with E-state index >= 15 is 0 Å². The fourth-order valence-electron chi connectivity index (χ4n) is 5.38. The van der Waals surface area contributed by atoms with Crippen LogP contribution in [0.4, 0.5) is 0 Å². The van der Waals surface area contributed by atoms with Crippen LogP contribution >= 0.6 is 0 Å². The SMILES string of the molecule is c1ccc2c(c1)C1CCC2C2CCC1c1ccccc12. The van der Waals surface area contributed by atoms with E-state index in [0.717, 1.165) is 23.7 Å². The van der Waals surface area contributed by atoms with Crippen molar-refractivity contribution in [3.8, 4) is 0 Å². The summed E-state index contributed by atoms with van der Waals surface area (Å²) in [5.41, 5.74) is 6.70. The molecule has 0 N–H and O–H groups in total. The molecule has 20 heavy (non-hydrogen) atoms. The molecule has 0 spiro atoms. The maximum Gasteiger partial charge on any atom is -0.00899 e. The van der Waals surface area contributed by atoms with E-state index in [9.17, 15) is 0 Å². The fourth-order valence-corrected chi connectivity index (χ4v) is 5.38. The van der Waals surface area contributed by atoms with Crippen LogP contribution in [0.2, 0.25) is 0 Å². The molecule has 0 radical (unpaired) electrons. The zero-order valence-corrected chi connectivity index (χ0v) is 11.8. The fraction of sp³-hybridized carbons (Fsp3) is 0.400. The number of hydrogen-bond acceptors (Lipinski definition) is 0. The van der Waals surface area contributed by atoms with Crippen LogP contribution in [0, 0.1) is 0 Å². The Hall–Kier alpha value is -1.56. The minimum Gasteiger partial charge on any atom is -0.0620 e. The Bertz CT molecular complexity index is 552. The monoisotopic (exact) mass is 260 g/mol. The lowest BCUT2D eigenvalue weighted by Gasteiger charge is -2.48. The largest absolute Gasteiger partial charge is 0.0620 e. The summed E-state index contributed by atoms with van der Waals surface area (Å²) in [6, 6.07) is 18.6. The molecule has 0 nitrogen and oxygen atoms in total. The molecule has 4 bridgehead atoms. The van der Waals surface area contributed by atoms with Crippen molar-refractivity contribution in [2.45, 2.75) is 49.4 Å². The molecule has 3 aliphatic rings. The zero-order chi connectivity index (χ0) is 13.1. The van der Waals surface area contributed by atoms with E-state index in [-0.39, 0.29) is 0 Å². The molecule has 0 saturated carbocycles. The second-order valence-corrected chi connectivity index (χ2v) is 6.84. The van der Waals surface area contributed by atoms with Crippen LogP contribution in [0.3, 0.4) is 0 Å². The van der Waals surface area contributed by atoms with Gasteiger partial charge in [-0.1, -0.05) is 48.5 Å². The van der Waals surface area contributed by atoms with Crippen LogP contribution in [-0.2, 0) is 0 Å². The van der Waals surface area contributed by atoms with Crippen LogP contribution in [0.25, 0.3) is 0 Å². The lowest BCUT2D eigenvalue weighted by molar-refractivity contribution is 0.294. The highest BCUT2D eigenvalue weighted by Gasteiger charge is 2.44. The molecule has 0 saturated heterocycles. The Kier molecular flexibility index (Phi) is 2.21. The summed E-state index contributed by atoms with van der Waals surface area (Å²) >= 11 is 0. The maximum absolute atomic E-state index is 2.41. The molecule has 3 aliphatic carbocycles. The zero-order valence-electron chi connectivity index (χ0n) is 11.8. The molecule has 5 rings (SSSR count). The number of fused-ring (bicyclic) bond motifs is 2. The van der Waals surface area contributed by atoms with Crippen molar-refractivity contribution in [2.75, 3.05) is 0 Å². The predicted octanol–water partition coefficient (Wildman–Crippen LogP) is 5.32. The van der Waals surface area contributed by atoms with Gasteiger partial charge in [-0.25, -0.2) is 0 Å². The highest BCUT2D eigenvalue weighted by molar-refractivity contribution is 5.48.